The molecule has 0 amide bonds. The standard InChI is InChI=1S/C9H17NO2S/c1-7-6-10-8-4-2-3-5-9(8)13(7,11)12/h7-10H,2-6H2,1H3. The Morgan fingerprint density at radius 1 is 1.23 bits per heavy atom. The maximum atomic E-state index is 11.9. The fourth-order valence-electron chi connectivity index (χ4n) is 2.46. The summed E-state index contributed by atoms with van der Waals surface area (Å²) < 4.78 is 23.8. The lowest BCUT2D eigenvalue weighted by Gasteiger charge is -2.38. The molecule has 0 bridgehead atoms. The normalized spacial score (nSPS) is 43.9. The molecule has 13 heavy (non-hydrogen) atoms. The Hall–Kier alpha value is -0.0900. The minimum Gasteiger partial charge on any atom is -0.311 e. The smallest absolute Gasteiger partial charge is 0.158 e. The first-order chi connectivity index (χ1) is 6.12. The summed E-state index contributed by atoms with van der Waals surface area (Å²) in [6.45, 7) is 2.46. The molecule has 2 rings (SSSR count). The van der Waals surface area contributed by atoms with Crippen molar-refractivity contribution in [1.82, 2.24) is 5.32 Å². The fraction of sp³-hybridized carbons (Fsp3) is 1.00. The van der Waals surface area contributed by atoms with Gasteiger partial charge < -0.3 is 5.32 Å². The first-order valence-corrected chi connectivity index (χ1v) is 6.69. The predicted molar refractivity (Wildman–Crippen MR) is 52.4 cm³/mol. The van der Waals surface area contributed by atoms with Gasteiger partial charge in [0, 0.05) is 12.6 Å². The van der Waals surface area contributed by atoms with Crippen LogP contribution in [0.2, 0.25) is 0 Å². The van der Waals surface area contributed by atoms with Gasteiger partial charge in [-0.05, 0) is 19.8 Å². The molecule has 3 atom stereocenters. The van der Waals surface area contributed by atoms with Crippen molar-refractivity contribution in [1.29, 1.82) is 0 Å². The predicted octanol–water partition coefficient (Wildman–Crippen LogP) is 0.704. The molecule has 3 nitrogen and oxygen atoms in total. The third-order valence-electron chi connectivity index (χ3n) is 3.35. The molecular formula is C9H17NO2S. The zero-order chi connectivity index (χ0) is 9.47. The van der Waals surface area contributed by atoms with Gasteiger partial charge in [-0.3, -0.25) is 0 Å². The summed E-state index contributed by atoms with van der Waals surface area (Å²) in [4.78, 5) is 0. The first kappa shape index (κ1) is 9.46. The van der Waals surface area contributed by atoms with E-state index in [1.165, 1.54) is 6.42 Å². The number of hydrogen-bond acceptors (Lipinski definition) is 3. The van der Waals surface area contributed by atoms with E-state index < -0.39 is 9.84 Å². The van der Waals surface area contributed by atoms with Crippen molar-refractivity contribution >= 4 is 9.84 Å². The number of rotatable bonds is 0. The van der Waals surface area contributed by atoms with Crippen LogP contribution in [-0.2, 0) is 9.84 Å². The summed E-state index contributed by atoms with van der Waals surface area (Å²) in [6.07, 6.45) is 4.16. The average molecular weight is 203 g/mol. The molecule has 1 saturated carbocycles. The summed E-state index contributed by atoms with van der Waals surface area (Å²) in [5, 5.41) is 3.07. The highest BCUT2D eigenvalue weighted by Crippen LogP contribution is 2.29. The Morgan fingerprint density at radius 3 is 2.69 bits per heavy atom. The molecule has 3 unspecified atom stereocenters. The van der Waals surface area contributed by atoms with E-state index >= 15 is 0 Å². The molecule has 2 aliphatic rings. The van der Waals surface area contributed by atoms with Crippen molar-refractivity contribution in [2.45, 2.75) is 49.1 Å². The van der Waals surface area contributed by atoms with Crippen LogP contribution < -0.4 is 5.32 Å². The van der Waals surface area contributed by atoms with Crippen LogP contribution in [0.1, 0.15) is 32.6 Å². The zero-order valence-corrected chi connectivity index (χ0v) is 8.81. The first-order valence-electron chi connectivity index (χ1n) is 5.08. The summed E-state index contributed by atoms with van der Waals surface area (Å²) in [5.74, 6) is 0. The third kappa shape index (κ3) is 1.50. The Bertz CT molecular complexity index is 286. The monoisotopic (exact) mass is 203 g/mol. The number of fused-ring (bicyclic) bond motifs is 1. The van der Waals surface area contributed by atoms with Crippen LogP contribution >= 0.6 is 0 Å². The molecule has 1 saturated heterocycles. The molecule has 1 heterocycles. The lowest BCUT2D eigenvalue weighted by molar-refractivity contribution is 0.351. The largest absolute Gasteiger partial charge is 0.311 e. The minimum absolute atomic E-state index is 0.0926. The number of hydrogen-bond donors (Lipinski definition) is 1. The van der Waals surface area contributed by atoms with Crippen LogP contribution in [0.25, 0.3) is 0 Å². The fourth-order valence-corrected chi connectivity index (χ4v) is 4.57. The molecule has 1 aliphatic heterocycles. The van der Waals surface area contributed by atoms with Crippen molar-refractivity contribution in [3.05, 3.63) is 0 Å². The molecular weight excluding hydrogens is 186 g/mol. The van der Waals surface area contributed by atoms with E-state index in [-0.39, 0.29) is 16.5 Å². The van der Waals surface area contributed by atoms with E-state index in [0.29, 0.717) is 6.54 Å². The van der Waals surface area contributed by atoms with Gasteiger partial charge in [0.15, 0.2) is 9.84 Å². The molecule has 0 spiro atoms. The summed E-state index contributed by atoms with van der Waals surface area (Å²) in [6, 6.07) is 0.245. The summed E-state index contributed by atoms with van der Waals surface area (Å²) in [5.41, 5.74) is 0. The van der Waals surface area contributed by atoms with E-state index in [2.05, 4.69) is 5.32 Å². The second-order valence-electron chi connectivity index (χ2n) is 4.24. The molecule has 0 aromatic heterocycles. The third-order valence-corrected chi connectivity index (χ3v) is 6.05. The molecule has 1 N–H and O–H groups in total. The van der Waals surface area contributed by atoms with Crippen LogP contribution in [0, 0.1) is 0 Å². The van der Waals surface area contributed by atoms with Gasteiger partial charge in [0.05, 0.1) is 10.5 Å². The van der Waals surface area contributed by atoms with Crippen LogP contribution in [0.3, 0.4) is 0 Å². The van der Waals surface area contributed by atoms with Gasteiger partial charge in [-0.2, -0.15) is 0 Å². The van der Waals surface area contributed by atoms with E-state index in [4.69, 9.17) is 0 Å². The lowest BCUT2D eigenvalue weighted by Crippen LogP contribution is -2.56. The highest BCUT2D eigenvalue weighted by molar-refractivity contribution is 7.92. The van der Waals surface area contributed by atoms with Crippen LogP contribution in [0.5, 0.6) is 0 Å². The van der Waals surface area contributed by atoms with Gasteiger partial charge in [-0.15, -0.1) is 0 Å². The van der Waals surface area contributed by atoms with Gasteiger partial charge >= 0.3 is 0 Å². The minimum atomic E-state index is -2.82. The van der Waals surface area contributed by atoms with Crippen molar-refractivity contribution in [2.24, 2.45) is 0 Å². The molecule has 0 aromatic rings. The molecule has 4 heteroatoms. The van der Waals surface area contributed by atoms with E-state index in [1.807, 2.05) is 6.92 Å². The maximum Gasteiger partial charge on any atom is 0.158 e. The summed E-state index contributed by atoms with van der Waals surface area (Å²) >= 11 is 0. The second kappa shape index (κ2) is 3.24. The van der Waals surface area contributed by atoms with Crippen LogP contribution in [0.4, 0.5) is 0 Å². The average Bonchev–Trinajstić information content (AvgIpc) is 2.13. The van der Waals surface area contributed by atoms with Crippen molar-refractivity contribution in [2.75, 3.05) is 6.54 Å². The van der Waals surface area contributed by atoms with Gasteiger partial charge in [-0.25, -0.2) is 8.42 Å². The van der Waals surface area contributed by atoms with Crippen LogP contribution in [0.15, 0.2) is 0 Å². The Kier molecular flexibility index (Phi) is 2.36. The molecule has 76 valence electrons. The molecule has 0 radical (unpaired) electrons. The molecule has 0 aromatic carbocycles. The highest BCUT2D eigenvalue weighted by atomic mass is 32.2. The molecule has 1 aliphatic carbocycles. The molecule has 2 fully saturated rings. The lowest BCUT2D eigenvalue weighted by atomic mass is 9.94. The Labute approximate surface area is 79.8 Å². The second-order valence-corrected chi connectivity index (χ2v) is 6.83. The van der Waals surface area contributed by atoms with Gasteiger partial charge in [0.25, 0.3) is 0 Å². The highest BCUT2D eigenvalue weighted by Gasteiger charge is 2.42. The van der Waals surface area contributed by atoms with Crippen molar-refractivity contribution in [3.63, 3.8) is 0 Å². The van der Waals surface area contributed by atoms with Crippen molar-refractivity contribution in [3.8, 4) is 0 Å². The van der Waals surface area contributed by atoms with Gasteiger partial charge in [0.2, 0.25) is 0 Å². The summed E-state index contributed by atoms with van der Waals surface area (Å²) in [7, 11) is -2.82. The van der Waals surface area contributed by atoms with E-state index in [0.717, 1.165) is 19.3 Å². The zero-order valence-electron chi connectivity index (χ0n) is 7.99. The Balaban J connectivity index is 2.25. The SMILES string of the molecule is CC1CNC2CCCCC2S1(=O)=O. The van der Waals surface area contributed by atoms with Crippen LogP contribution in [-0.4, -0.2) is 31.5 Å². The number of nitrogens with one attached hydrogen (secondary N) is 1. The topological polar surface area (TPSA) is 46.2 Å². The van der Waals surface area contributed by atoms with E-state index in [1.54, 1.807) is 0 Å². The Morgan fingerprint density at radius 2 is 1.92 bits per heavy atom. The maximum absolute atomic E-state index is 11.9. The number of sulfone groups is 1. The van der Waals surface area contributed by atoms with Crippen molar-refractivity contribution < 1.29 is 8.42 Å². The quantitative estimate of drug-likeness (QED) is 0.630. The van der Waals surface area contributed by atoms with E-state index in [9.17, 15) is 8.42 Å². The van der Waals surface area contributed by atoms with Gasteiger partial charge in [-0.1, -0.05) is 12.8 Å². The van der Waals surface area contributed by atoms with Gasteiger partial charge in [0.1, 0.15) is 0 Å².